The summed E-state index contributed by atoms with van der Waals surface area (Å²) in [6, 6.07) is 20.5. The molecule has 7 rings (SSSR count). The minimum absolute atomic E-state index is 0.0301. The fraction of sp³-hybridized carbons (Fsp3) is 0.343. The minimum atomic E-state index is -0.693. The highest BCUT2D eigenvalue weighted by molar-refractivity contribution is 5.94. The molecule has 11 heteroatoms. The summed E-state index contributed by atoms with van der Waals surface area (Å²) in [5, 5.41) is 11.2. The second-order valence-corrected chi connectivity index (χ2v) is 12.4. The zero-order chi connectivity index (χ0) is 31.8. The van der Waals surface area contributed by atoms with Gasteiger partial charge in [0.15, 0.2) is 0 Å². The molecular formula is C35H37N7O4. The van der Waals surface area contributed by atoms with Gasteiger partial charge in [-0.2, -0.15) is 5.10 Å². The van der Waals surface area contributed by atoms with Crippen LogP contribution in [-0.2, 0) is 30.8 Å². The van der Waals surface area contributed by atoms with E-state index in [1.54, 1.807) is 16.0 Å². The Labute approximate surface area is 267 Å². The number of nitrogens with one attached hydrogen (secondary N) is 2. The Morgan fingerprint density at radius 2 is 1.67 bits per heavy atom. The number of likely N-dealkylation sites (tertiary alicyclic amines) is 1. The SMILES string of the molecule is CC(=O)n1ncc2c3c(ccc21)CC[C@@H](NC(=O)N1CCC(N2Cc4ccccc4NC2=O)CC1)C(=O)N(Cc1ccccc1)C3. The predicted octanol–water partition coefficient (Wildman–Crippen LogP) is 4.76. The van der Waals surface area contributed by atoms with Gasteiger partial charge < -0.3 is 25.3 Å². The van der Waals surface area contributed by atoms with E-state index in [0.29, 0.717) is 58.4 Å². The highest BCUT2D eigenvalue weighted by atomic mass is 16.2. The van der Waals surface area contributed by atoms with Crippen molar-refractivity contribution in [2.45, 2.75) is 64.3 Å². The van der Waals surface area contributed by atoms with Gasteiger partial charge in [0.1, 0.15) is 6.04 Å². The third-order valence-corrected chi connectivity index (χ3v) is 9.49. The second kappa shape index (κ2) is 12.3. The zero-order valence-corrected chi connectivity index (χ0v) is 25.8. The van der Waals surface area contributed by atoms with Crippen LogP contribution in [0.1, 0.15) is 53.2 Å². The Morgan fingerprint density at radius 3 is 2.46 bits per heavy atom. The Bertz CT molecular complexity index is 1810. The molecule has 1 fully saturated rings. The topological polar surface area (TPSA) is 120 Å². The summed E-state index contributed by atoms with van der Waals surface area (Å²) in [5.41, 5.74) is 5.69. The lowest BCUT2D eigenvalue weighted by Gasteiger charge is -2.41. The van der Waals surface area contributed by atoms with Gasteiger partial charge in [-0.05, 0) is 60.1 Å². The van der Waals surface area contributed by atoms with Gasteiger partial charge in [0.25, 0.3) is 0 Å². The molecule has 3 aliphatic heterocycles. The summed E-state index contributed by atoms with van der Waals surface area (Å²) in [7, 11) is 0. The molecule has 1 aromatic heterocycles. The number of para-hydroxylation sites is 1. The number of carbonyl (C=O) groups is 4. The van der Waals surface area contributed by atoms with E-state index in [2.05, 4.69) is 15.7 Å². The average Bonchev–Trinajstić information content (AvgIpc) is 3.51. The van der Waals surface area contributed by atoms with Crippen molar-refractivity contribution < 1.29 is 19.2 Å². The van der Waals surface area contributed by atoms with Gasteiger partial charge in [-0.25, -0.2) is 14.3 Å². The van der Waals surface area contributed by atoms with Crippen LogP contribution in [0.4, 0.5) is 15.3 Å². The summed E-state index contributed by atoms with van der Waals surface area (Å²) < 4.78 is 1.39. The van der Waals surface area contributed by atoms with Crippen molar-refractivity contribution in [3.8, 4) is 0 Å². The van der Waals surface area contributed by atoms with E-state index in [4.69, 9.17) is 0 Å². The zero-order valence-electron chi connectivity index (χ0n) is 25.8. The van der Waals surface area contributed by atoms with E-state index in [1.165, 1.54) is 11.6 Å². The fourth-order valence-electron chi connectivity index (χ4n) is 7.00. The molecule has 11 nitrogen and oxygen atoms in total. The first-order valence-corrected chi connectivity index (χ1v) is 15.9. The number of carbonyl (C=O) groups excluding carboxylic acids is 4. The largest absolute Gasteiger partial charge is 0.332 e. The fourth-order valence-corrected chi connectivity index (χ4v) is 7.00. The van der Waals surface area contributed by atoms with Crippen molar-refractivity contribution in [3.05, 3.63) is 95.2 Å². The molecule has 0 bridgehead atoms. The maximum atomic E-state index is 14.1. The van der Waals surface area contributed by atoms with Crippen molar-refractivity contribution in [1.29, 1.82) is 0 Å². The van der Waals surface area contributed by atoms with E-state index < -0.39 is 6.04 Å². The molecule has 1 saturated heterocycles. The van der Waals surface area contributed by atoms with E-state index in [1.807, 2.05) is 71.6 Å². The molecule has 1 atom stereocenters. The van der Waals surface area contributed by atoms with E-state index in [0.717, 1.165) is 38.8 Å². The highest BCUT2D eigenvalue weighted by Gasteiger charge is 2.35. The summed E-state index contributed by atoms with van der Waals surface area (Å²) in [5.74, 6) is -0.313. The van der Waals surface area contributed by atoms with E-state index >= 15 is 0 Å². The number of nitrogens with zero attached hydrogens (tertiary/aromatic N) is 5. The third kappa shape index (κ3) is 5.68. The maximum Gasteiger partial charge on any atom is 0.322 e. The Balaban J connectivity index is 1.07. The van der Waals surface area contributed by atoms with Crippen molar-refractivity contribution in [2.75, 3.05) is 18.4 Å². The molecule has 5 amide bonds. The van der Waals surface area contributed by atoms with Gasteiger partial charge in [-0.3, -0.25) is 9.59 Å². The van der Waals surface area contributed by atoms with Crippen molar-refractivity contribution in [1.82, 2.24) is 29.8 Å². The highest BCUT2D eigenvalue weighted by Crippen LogP contribution is 2.30. The van der Waals surface area contributed by atoms with Gasteiger partial charge in [0.2, 0.25) is 11.8 Å². The van der Waals surface area contributed by atoms with Crippen LogP contribution in [0.25, 0.3) is 10.9 Å². The molecule has 46 heavy (non-hydrogen) atoms. The minimum Gasteiger partial charge on any atom is -0.332 e. The number of hydrogen-bond acceptors (Lipinski definition) is 5. The lowest BCUT2D eigenvalue weighted by Crippen LogP contribution is -2.56. The summed E-state index contributed by atoms with van der Waals surface area (Å²) in [4.78, 5) is 58.2. The molecule has 0 spiro atoms. The Hall–Kier alpha value is -5.19. The number of anilines is 1. The molecule has 0 saturated carbocycles. The van der Waals surface area contributed by atoms with Gasteiger partial charge in [-0.1, -0.05) is 54.6 Å². The van der Waals surface area contributed by atoms with Crippen LogP contribution >= 0.6 is 0 Å². The van der Waals surface area contributed by atoms with Crippen molar-refractivity contribution >= 4 is 40.5 Å². The van der Waals surface area contributed by atoms with Gasteiger partial charge in [-0.15, -0.1) is 0 Å². The van der Waals surface area contributed by atoms with Gasteiger partial charge in [0.05, 0.1) is 11.7 Å². The van der Waals surface area contributed by atoms with Crippen LogP contribution in [0.5, 0.6) is 0 Å². The third-order valence-electron chi connectivity index (χ3n) is 9.49. The predicted molar refractivity (Wildman–Crippen MR) is 173 cm³/mol. The first-order valence-electron chi connectivity index (χ1n) is 15.9. The molecule has 2 N–H and O–H groups in total. The molecular weight excluding hydrogens is 582 g/mol. The number of hydrogen-bond donors (Lipinski definition) is 2. The quantitative estimate of drug-likeness (QED) is 0.341. The molecule has 3 aliphatic rings. The van der Waals surface area contributed by atoms with Crippen molar-refractivity contribution in [2.24, 2.45) is 0 Å². The average molecular weight is 620 g/mol. The molecule has 0 unspecified atom stereocenters. The van der Waals surface area contributed by atoms with Crippen LogP contribution < -0.4 is 10.6 Å². The van der Waals surface area contributed by atoms with Crippen LogP contribution in [0, 0.1) is 0 Å². The molecule has 4 aromatic rings. The Morgan fingerprint density at radius 1 is 0.913 bits per heavy atom. The molecule has 0 aliphatic carbocycles. The number of aryl methyl sites for hydroxylation is 1. The molecule has 3 aromatic carbocycles. The lowest BCUT2D eigenvalue weighted by atomic mass is 9.93. The smallest absolute Gasteiger partial charge is 0.322 e. The first kappa shape index (κ1) is 29.5. The summed E-state index contributed by atoms with van der Waals surface area (Å²) >= 11 is 0. The standard InChI is InChI=1S/C35H37N7O4/c1-23(43)42-32-14-12-25-11-13-31(33(44)40(20-24-7-3-2-4-8-24)22-29(25)28(32)19-36-42)38-34(45)39-17-15-27(16-18-39)41-21-26-9-5-6-10-30(26)37-35(41)46/h2-10,12,14,19,27,31H,11,13,15-18,20-22H2,1H3,(H,37,46)(H,38,45)/t31-/m1/s1. The van der Waals surface area contributed by atoms with Crippen LogP contribution in [0.2, 0.25) is 0 Å². The Kier molecular flexibility index (Phi) is 7.90. The van der Waals surface area contributed by atoms with E-state index in [9.17, 15) is 19.2 Å². The number of piperidine rings is 1. The molecule has 4 heterocycles. The number of aromatic nitrogens is 2. The summed E-state index contributed by atoms with van der Waals surface area (Å²) in [6.45, 7) is 3.75. The second-order valence-electron chi connectivity index (χ2n) is 12.4. The normalized spacial score (nSPS) is 18.8. The van der Waals surface area contributed by atoms with E-state index in [-0.39, 0.29) is 29.9 Å². The number of urea groups is 2. The molecule has 0 radical (unpaired) electrons. The summed E-state index contributed by atoms with van der Waals surface area (Å²) in [6.07, 6.45) is 4.08. The maximum absolute atomic E-state index is 14.1. The van der Waals surface area contributed by atoms with Gasteiger partial charge >= 0.3 is 12.1 Å². The number of benzene rings is 3. The lowest BCUT2D eigenvalue weighted by molar-refractivity contribution is -0.134. The van der Waals surface area contributed by atoms with Crippen LogP contribution in [0.15, 0.2) is 72.9 Å². The number of amides is 5. The number of rotatable bonds is 4. The van der Waals surface area contributed by atoms with Crippen molar-refractivity contribution in [3.63, 3.8) is 0 Å². The number of fused-ring (bicyclic) bond motifs is 4. The molecule has 236 valence electrons. The monoisotopic (exact) mass is 619 g/mol. The first-order chi connectivity index (χ1) is 22.4. The van der Waals surface area contributed by atoms with Gasteiger partial charge in [0, 0.05) is 56.8 Å². The van der Waals surface area contributed by atoms with Crippen LogP contribution in [-0.4, -0.2) is 73.5 Å². The van der Waals surface area contributed by atoms with Crippen LogP contribution in [0.3, 0.4) is 0 Å².